The maximum Gasteiger partial charge on any atom is 0.123 e. The van der Waals surface area contributed by atoms with E-state index in [-0.39, 0.29) is 0 Å². The van der Waals surface area contributed by atoms with Crippen molar-refractivity contribution in [1.29, 1.82) is 0 Å². The van der Waals surface area contributed by atoms with Crippen molar-refractivity contribution in [2.24, 2.45) is 5.92 Å². The molecule has 162 valence electrons. The van der Waals surface area contributed by atoms with Gasteiger partial charge in [-0.1, -0.05) is 43.5 Å². The van der Waals surface area contributed by atoms with Crippen LogP contribution in [0.1, 0.15) is 56.1 Å². The molecule has 0 bridgehead atoms. The topological polar surface area (TPSA) is 28.6 Å². The summed E-state index contributed by atoms with van der Waals surface area (Å²) in [5.41, 5.74) is 2.55. The molecule has 1 saturated heterocycles. The fraction of sp³-hybridized carbons (Fsp3) is 0.577. The molecule has 2 aromatic rings. The Morgan fingerprint density at radius 3 is 2.67 bits per heavy atom. The molecule has 4 heteroatoms. The SMILES string of the molecule is COc1ccccc1CN(Cc1cccnc1)CC1CCCN(C2CCCCC2)C1. The zero-order valence-corrected chi connectivity index (χ0v) is 18.5. The summed E-state index contributed by atoms with van der Waals surface area (Å²) >= 11 is 0. The van der Waals surface area contributed by atoms with Gasteiger partial charge in [-0.2, -0.15) is 0 Å². The van der Waals surface area contributed by atoms with Crippen LogP contribution >= 0.6 is 0 Å². The molecule has 0 N–H and O–H groups in total. The van der Waals surface area contributed by atoms with E-state index in [1.165, 1.54) is 69.2 Å². The van der Waals surface area contributed by atoms with Crippen molar-refractivity contribution in [2.75, 3.05) is 26.7 Å². The molecular weight excluding hydrogens is 370 g/mol. The number of likely N-dealkylation sites (tertiary alicyclic amines) is 1. The summed E-state index contributed by atoms with van der Waals surface area (Å²) in [6.07, 6.45) is 13.7. The van der Waals surface area contributed by atoms with Gasteiger partial charge in [0.1, 0.15) is 5.75 Å². The maximum absolute atomic E-state index is 5.64. The van der Waals surface area contributed by atoms with E-state index in [0.29, 0.717) is 0 Å². The van der Waals surface area contributed by atoms with E-state index >= 15 is 0 Å². The van der Waals surface area contributed by atoms with Crippen LogP contribution in [-0.2, 0) is 13.1 Å². The number of piperidine rings is 1. The lowest BCUT2D eigenvalue weighted by Gasteiger charge is -2.41. The number of nitrogens with zero attached hydrogens (tertiary/aromatic N) is 3. The lowest BCUT2D eigenvalue weighted by atomic mass is 9.90. The van der Waals surface area contributed by atoms with Crippen LogP contribution in [0.5, 0.6) is 5.75 Å². The summed E-state index contributed by atoms with van der Waals surface area (Å²) in [7, 11) is 1.77. The Bertz CT molecular complexity index is 760. The second kappa shape index (κ2) is 10.9. The fourth-order valence-electron chi connectivity index (χ4n) is 5.40. The Labute approximate surface area is 182 Å². The van der Waals surface area contributed by atoms with E-state index in [1.807, 2.05) is 18.5 Å². The average Bonchev–Trinajstić information content (AvgIpc) is 2.81. The first-order chi connectivity index (χ1) is 14.8. The van der Waals surface area contributed by atoms with Crippen molar-refractivity contribution in [3.05, 3.63) is 59.9 Å². The molecule has 2 aliphatic rings. The minimum absolute atomic E-state index is 0.743. The highest BCUT2D eigenvalue weighted by atomic mass is 16.5. The molecule has 0 radical (unpaired) electrons. The number of benzene rings is 1. The van der Waals surface area contributed by atoms with Gasteiger partial charge in [0.2, 0.25) is 0 Å². The Morgan fingerprint density at radius 2 is 1.87 bits per heavy atom. The van der Waals surface area contributed by atoms with E-state index in [4.69, 9.17) is 4.74 Å². The summed E-state index contributed by atoms with van der Waals surface area (Å²) < 4.78 is 5.64. The third kappa shape index (κ3) is 5.83. The Balaban J connectivity index is 1.44. The van der Waals surface area contributed by atoms with E-state index in [2.05, 4.69) is 45.1 Å². The number of hydrogen-bond acceptors (Lipinski definition) is 4. The number of ether oxygens (including phenoxy) is 1. The third-order valence-electron chi connectivity index (χ3n) is 6.87. The van der Waals surface area contributed by atoms with E-state index < -0.39 is 0 Å². The van der Waals surface area contributed by atoms with Gasteiger partial charge in [0.05, 0.1) is 7.11 Å². The summed E-state index contributed by atoms with van der Waals surface area (Å²) in [6, 6.07) is 13.5. The van der Waals surface area contributed by atoms with Crippen LogP contribution in [0.2, 0.25) is 0 Å². The Hall–Kier alpha value is -1.91. The first-order valence-corrected chi connectivity index (χ1v) is 11.8. The molecule has 2 fully saturated rings. The second-order valence-electron chi connectivity index (χ2n) is 9.14. The van der Waals surface area contributed by atoms with Gasteiger partial charge in [-0.3, -0.25) is 9.88 Å². The van der Waals surface area contributed by atoms with Crippen molar-refractivity contribution in [3.63, 3.8) is 0 Å². The largest absolute Gasteiger partial charge is 0.496 e. The Kier molecular flexibility index (Phi) is 7.76. The zero-order chi connectivity index (χ0) is 20.6. The average molecular weight is 408 g/mol. The van der Waals surface area contributed by atoms with Crippen LogP contribution in [0, 0.1) is 5.92 Å². The molecule has 1 aliphatic carbocycles. The lowest BCUT2D eigenvalue weighted by molar-refractivity contribution is 0.0769. The van der Waals surface area contributed by atoms with Crippen LogP contribution in [0.4, 0.5) is 0 Å². The van der Waals surface area contributed by atoms with Gasteiger partial charge in [0.15, 0.2) is 0 Å². The molecule has 4 nitrogen and oxygen atoms in total. The molecule has 1 saturated carbocycles. The van der Waals surface area contributed by atoms with Gasteiger partial charge in [-0.15, -0.1) is 0 Å². The molecule has 1 aromatic carbocycles. The van der Waals surface area contributed by atoms with Gasteiger partial charge >= 0.3 is 0 Å². The number of methoxy groups -OCH3 is 1. The molecule has 1 atom stereocenters. The van der Waals surface area contributed by atoms with Gasteiger partial charge < -0.3 is 9.64 Å². The van der Waals surface area contributed by atoms with E-state index in [0.717, 1.165) is 37.3 Å². The van der Waals surface area contributed by atoms with Crippen LogP contribution in [0.3, 0.4) is 0 Å². The molecule has 4 rings (SSSR count). The number of hydrogen-bond donors (Lipinski definition) is 0. The standard InChI is InChI=1S/C26H37N3O/c1-30-26-14-6-5-11-24(26)21-28(18-22-9-7-15-27-17-22)19-23-10-8-16-29(20-23)25-12-3-2-4-13-25/h5-7,9,11,14-15,17,23,25H,2-4,8,10,12-13,16,18-21H2,1H3. The summed E-state index contributed by atoms with van der Waals surface area (Å²) in [5, 5.41) is 0. The summed E-state index contributed by atoms with van der Waals surface area (Å²) in [5.74, 6) is 1.73. The molecule has 2 heterocycles. The third-order valence-corrected chi connectivity index (χ3v) is 6.87. The fourth-order valence-corrected chi connectivity index (χ4v) is 5.40. The predicted octanol–water partition coefficient (Wildman–Crippen LogP) is 5.14. The lowest BCUT2D eigenvalue weighted by Crippen LogP contribution is -2.46. The van der Waals surface area contributed by atoms with Crippen LogP contribution in [0.25, 0.3) is 0 Å². The van der Waals surface area contributed by atoms with Crippen molar-refractivity contribution >= 4 is 0 Å². The minimum Gasteiger partial charge on any atom is -0.496 e. The number of para-hydroxylation sites is 1. The predicted molar refractivity (Wildman–Crippen MR) is 123 cm³/mol. The molecule has 1 aliphatic heterocycles. The molecule has 1 unspecified atom stereocenters. The van der Waals surface area contributed by atoms with Crippen molar-refractivity contribution in [3.8, 4) is 5.75 Å². The van der Waals surface area contributed by atoms with Crippen LogP contribution in [0.15, 0.2) is 48.8 Å². The van der Waals surface area contributed by atoms with Crippen LogP contribution in [-0.4, -0.2) is 47.6 Å². The molecular formula is C26H37N3O. The maximum atomic E-state index is 5.64. The van der Waals surface area contributed by atoms with Crippen molar-refractivity contribution in [1.82, 2.24) is 14.8 Å². The van der Waals surface area contributed by atoms with Crippen molar-refractivity contribution in [2.45, 2.75) is 64.1 Å². The molecule has 1 aromatic heterocycles. The Morgan fingerprint density at radius 1 is 1.00 bits per heavy atom. The van der Waals surface area contributed by atoms with Crippen molar-refractivity contribution < 1.29 is 4.74 Å². The molecule has 0 spiro atoms. The van der Waals surface area contributed by atoms with Gasteiger partial charge in [-0.25, -0.2) is 0 Å². The second-order valence-corrected chi connectivity index (χ2v) is 9.14. The summed E-state index contributed by atoms with van der Waals surface area (Å²) in [6.45, 7) is 5.55. The van der Waals surface area contributed by atoms with Gasteiger partial charge in [-0.05, 0) is 55.8 Å². The quantitative estimate of drug-likeness (QED) is 0.606. The highest BCUT2D eigenvalue weighted by molar-refractivity contribution is 5.33. The smallest absolute Gasteiger partial charge is 0.123 e. The van der Waals surface area contributed by atoms with E-state index in [1.54, 1.807) is 7.11 Å². The molecule has 0 amide bonds. The number of aromatic nitrogens is 1. The zero-order valence-electron chi connectivity index (χ0n) is 18.5. The minimum atomic E-state index is 0.743. The first kappa shape index (κ1) is 21.3. The first-order valence-electron chi connectivity index (χ1n) is 11.8. The number of pyridine rings is 1. The normalized spacial score (nSPS) is 21.1. The highest BCUT2D eigenvalue weighted by Gasteiger charge is 2.28. The van der Waals surface area contributed by atoms with Crippen LogP contribution < -0.4 is 4.74 Å². The summed E-state index contributed by atoms with van der Waals surface area (Å²) in [4.78, 5) is 9.76. The highest BCUT2D eigenvalue weighted by Crippen LogP contribution is 2.28. The monoisotopic (exact) mass is 407 g/mol. The number of rotatable bonds is 8. The molecule has 30 heavy (non-hydrogen) atoms. The van der Waals surface area contributed by atoms with Gasteiger partial charge in [0, 0.05) is 50.2 Å². The van der Waals surface area contributed by atoms with E-state index in [9.17, 15) is 0 Å². The van der Waals surface area contributed by atoms with Gasteiger partial charge in [0.25, 0.3) is 0 Å².